The van der Waals surface area contributed by atoms with Gasteiger partial charge < -0.3 is 14.5 Å². The van der Waals surface area contributed by atoms with Gasteiger partial charge in [0.15, 0.2) is 17.2 Å². The fourth-order valence-electron chi connectivity index (χ4n) is 5.55. The summed E-state index contributed by atoms with van der Waals surface area (Å²) in [4.78, 5) is 12.2. The van der Waals surface area contributed by atoms with E-state index in [1.165, 1.54) is 19.4 Å². The molecule has 0 atom stereocenters. The second-order valence-electron chi connectivity index (χ2n) is 9.77. The maximum Gasteiger partial charge on any atom is 0.268 e. The minimum Gasteiger partial charge on any atom is -0.494 e. The fraction of sp³-hybridized carbons (Fsp3) is 0.423. The molecular weight excluding hydrogens is 461 g/mol. The molecule has 0 amide bonds. The summed E-state index contributed by atoms with van der Waals surface area (Å²) >= 11 is 0. The van der Waals surface area contributed by atoms with E-state index in [2.05, 4.69) is 26.8 Å². The topological polar surface area (TPSA) is 73.3 Å². The highest BCUT2D eigenvalue weighted by Gasteiger charge is 2.27. The number of benzene rings is 1. The summed E-state index contributed by atoms with van der Waals surface area (Å²) in [7, 11) is 3.62. The molecule has 3 aromatic heterocycles. The predicted molar refractivity (Wildman–Crippen MR) is 134 cm³/mol. The number of pyridine rings is 1. The van der Waals surface area contributed by atoms with Crippen molar-refractivity contribution < 1.29 is 19.1 Å². The highest BCUT2D eigenvalue weighted by atomic mass is 19.1. The molecule has 188 valence electrons. The van der Waals surface area contributed by atoms with Crippen LogP contribution in [0.3, 0.4) is 0 Å². The molecule has 4 aromatic rings. The van der Waals surface area contributed by atoms with Crippen molar-refractivity contribution >= 4 is 22.2 Å². The Morgan fingerprint density at radius 1 is 1.06 bits per heavy atom. The molecule has 2 fully saturated rings. The number of fused-ring (bicyclic) bond motifs is 2. The lowest BCUT2D eigenvalue weighted by molar-refractivity contribution is -0.884. The number of piperidine rings is 1. The van der Waals surface area contributed by atoms with E-state index in [1.54, 1.807) is 22.8 Å². The van der Waals surface area contributed by atoms with Crippen molar-refractivity contribution in [1.29, 1.82) is 0 Å². The van der Waals surface area contributed by atoms with Crippen LogP contribution in [0.5, 0.6) is 5.75 Å². The monoisotopic (exact) mass is 492 g/mol. The first kappa shape index (κ1) is 22.9. The first-order valence-corrected chi connectivity index (χ1v) is 12.4. The quantitative estimate of drug-likeness (QED) is 0.347. The van der Waals surface area contributed by atoms with Crippen LogP contribution in [0, 0.1) is 5.82 Å². The zero-order valence-electron chi connectivity index (χ0n) is 20.6. The Hall–Kier alpha value is -3.50. The molecule has 0 spiro atoms. The van der Waals surface area contributed by atoms with Gasteiger partial charge in [-0.25, -0.2) is 13.9 Å². The number of hydrogen-bond donors (Lipinski definition) is 1. The Labute approximate surface area is 208 Å². The van der Waals surface area contributed by atoms with Gasteiger partial charge in [-0.05, 0) is 26.0 Å². The third kappa shape index (κ3) is 4.00. The summed E-state index contributed by atoms with van der Waals surface area (Å²) in [6, 6.07) is 5.29. The number of halogens is 1. The molecule has 2 aliphatic heterocycles. The number of piperazine rings is 1. The number of methoxy groups -OCH3 is 1. The van der Waals surface area contributed by atoms with Gasteiger partial charge in [0.2, 0.25) is 6.20 Å². The van der Waals surface area contributed by atoms with Crippen molar-refractivity contribution in [2.75, 3.05) is 58.3 Å². The highest BCUT2D eigenvalue weighted by Crippen LogP contribution is 2.33. The molecule has 0 radical (unpaired) electrons. The third-order valence-electron chi connectivity index (χ3n) is 7.71. The lowest BCUT2D eigenvalue weighted by Crippen LogP contribution is -2.52. The van der Waals surface area contributed by atoms with Crippen molar-refractivity contribution in [1.82, 2.24) is 24.4 Å². The average Bonchev–Trinajstić information content (AvgIpc) is 3.32. The summed E-state index contributed by atoms with van der Waals surface area (Å²) in [6.07, 6.45) is 9.50. The van der Waals surface area contributed by atoms with E-state index in [9.17, 15) is 9.60 Å². The maximum atomic E-state index is 14.3. The van der Waals surface area contributed by atoms with Gasteiger partial charge in [-0.3, -0.25) is 10.1 Å². The number of nitrogens with zero attached hydrogens (tertiary/aromatic N) is 7. The highest BCUT2D eigenvalue weighted by molar-refractivity contribution is 5.97. The largest absolute Gasteiger partial charge is 0.494 e. The Morgan fingerprint density at radius 3 is 2.58 bits per heavy atom. The van der Waals surface area contributed by atoms with E-state index in [4.69, 9.17) is 9.72 Å². The van der Waals surface area contributed by atoms with Gasteiger partial charge in [-0.2, -0.15) is 5.10 Å². The molecule has 9 nitrogen and oxygen atoms in total. The molecule has 1 aromatic carbocycles. The molecule has 5 heterocycles. The number of anilines is 1. The number of hydrogen-bond acceptors (Lipinski definition) is 7. The molecule has 2 saturated heterocycles. The van der Waals surface area contributed by atoms with Crippen LogP contribution in [-0.2, 0) is 0 Å². The molecule has 6 rings (SSSR count). The maximum absolute atomic E-state index is 14.3. The van der Waals surface area contributed by atoms with Gasteiger partial charge in [-0.1, -0.05) is 0 Å². The summed E-state index contributed by atoms with van der Waals surface area (Å²) < 4.78 is 22.2. The third-order valence-corrected chi connectivity index (χ3v) is 7.71. The second kappa shape index (κ2) is 9.18. The van der Waals surface area contributed by atoms with Gasteiger partial charge >= 0.3 is 0 Å². The minimum atomic E-state index is -0.538. The van der Waals surface area contributed by atoms with Crippen LogP contribution in [0.2, 0.25) is 0 Å². The smallest absolute Gasteiger partial charge is 0.268 e. The molecule has 0 aliphatic carbocycles. The molecule has 0 bridgehead atoms. The van der Waals surface area contributed by atoms with E-state index in [-0.39, 0.29) is 5.75 Å². The van der Waals surface area contributed by atoms with Crippen LogP contribution in [-0.4, -0.2) is 89.1 Å². The number of likely N-dealkylation sites (N-methyl/N-ethyl adjacent to an activating group) is 1. The van der Waals surface area contributed by atoms with Crippen LogP contribution < -0.4 is 14.4 Å². The lowest BCUT2D eigenvalue weighted by atomic mass is 10.0. The fourth-order valence-corrected chi connectivity index (χ4v) is 5.55. The summed E-state index contributed by atoms with van der Waals surface area (Å²) in [6.45, 7) is 6.63. The van der Waals surface area contributed by atoms with Gasteiger partial charge in [0.1, 0.15) is 0 Å². The van der Waals surface area contributed by atoms with E-state index in [0.717, 1.165) is 73.7 Å². The van der Waals surface area contributed by atoms with Crippen LogP contribution in [0.1, 0.15) is 12.8 Å². The van der Waals surface area contributed by atoms with Crippen molar-refractivity contribution in [3.8, 4) is 16.9 Å². The van der Waals surface area contributed by atoms with Crippen molar-refractivity contribution in [3.05, 3.63) is 48.8 Å². The van der Waals surface area contributed by atoms with Crippen LogP contribution in [0.25, 0.3) is 27.7 Å². The van der Waals surface area contributed by atoms with Crippen molar-refractivity contribution in [2.24, 2.45) is 0 Å². The predicted octanol–water partition coefficient (Wildman–Crippen LogP) is 2.44. The zero-order valence-corrected chi connectivity index (χ0v) is 20.6. The zero-order chi connectivity index (χ0) is 24.8. The SMILES string of the molecule is COc1cc2c(-c3cnn4cc(N5CCC(N6CCN(C)CC6)CC5)cnc34)cc[n+](O)c2cc1F. The van der Waals surface area contributed by atoms with Gasteiger partial charge in [0, 0.05) is 67.2 Å². The van der Waals surface area contributed by atoms with Crippen LogP contribution >= 0.6 is 0 Å². The van der Waals surface area contributed by atoms with Gasteiger partial charge in [-0.15, -0.1) is 0 Å². The molecule has 10 heteroatoms. The molecule has 1 N–H and O–H groups in total. The normalized spacial score (nSPS) is 18.4. The summed E-state index contributed by atoms with van der Waals surface area (Å²) in [5.74, 6) is -0.425. The van der Waals surface area contributed by atoms with E-state index >= 15 is 0 Å². The summed E-state index contributed by atoms with van der Waals surface area (Å²) in [5.41, 5.74) is 3.69. The Balaban J connectivity index is 1.26. The number of aromatic nitrogens is 4. The molecule has 0 saturated carbocycles. The molecular formula is C26H31FN7O2+. The Morgan fingerprint density at radius 2 is 1.83 bits per heavy atom. The van der Waals surface area contributed by atoms with Crippen molar-refractivity contribution in [2.45, 2.75) is 18.9 Å². The Kier molecular flexibility index (Phi) is 5.85. The van der Waals surface area contributed by atoms with Crippen LogP contribution in [0.4, 0.5) is 10.1 Å². The molecule has 2 aliphatic rings. The van der Waals surface area contributed by atoms with E-state index in [1.807, 2.05) is 12.4 Å². The lowest BCUT2D eigenvalue weighted by Gasteiger charge is -2.42. The van der Waals surface area contributed by atoms with E-state index in [0.29, 0.717) is 22.6 Å². The number of rotatable bonds is 4. The summed E-state index contributed by atoms with van der Waals surface area (Å²) in [5, 5.41) is 15.5. The number of ether oxygens (including phenoxy) is 1. The first-order chi connectivity index (χ1) is 17.5. The second-order valence-corrected chi connectivity index (χ2v) is 9.77. The van der Waals surface area contributed by atoms with E-state index < -0.39 is 5.82 Å². The average molecular weight is 493 g/mol. The molecule has 0 unspecified atom stereocenters. The van der Waals surface area contributed by atoms with Gasteiger partial charge in [0.25, 0.3) is 5.52 Å². The van der Waals surface area contributed by atoms with Gasteiger partial charge in [0.05, 0.1) is 42.8 Å². The standard InChI is InChI=1S/C26H31FN7O2/c1-30-9-11-32(12-10-30)18-3-6-31(7-4-18)19-15-28-26-22(16-29-33(26)17-19)20-5-8-34(35)24-14-23(27)25(36-2)13-21(20)24/h5,8,13-18,35H,3-4,6-7,9-12H2,1-2H3/q+1. The molecule has 36 heavy (non-hydrogen) atoms. The van der Waals surface area contributed by atoms with Crippen LogP contribution in [0.15, 0.2) is 43.0 Å². The van der Waals surface area contributed by atoms with Crippen molar-refractivity contribution in [3.63, 3.8) is 0 Å². The minimum absolute atomic E-state index is 0.113. The Bertz CT molecular complexity index is 1410. The first-order valence-electron chi connectivity index (χ1n) is 12.4.